The summed E-state index contributed by atoms with van der Waals surface area (Å²) >= 11 is 0. The summed E-state index contributed by atoms with van der Waals surface area (Å²) in [6.45, 7) is 5.40. The number of hydrogen-bond acceptors (Lipinski definition) is 4. The second-order valence-corrected chi connectivity index (χ2v) is 6.53. The van der Waals surface area contributed by atoms with Crippen LogP contribution >= 0.6 is 0 Å². The molecule has 1 atom stereocenters. The van der Waals surface area contributed by atoms with E-state index in [0.29, 0.717) is 13.0 Å². The van der Waals surface area contributed by atoms with E-state index in [1.54, 1.807) is 27.9 Å². The molecule has 1 amide bonds. The van der Waals surface area contributed by atoms with Crippen molar-refractivity contribution in [2.75, 3.05) is 13.7 Å². The lowest BCUT2D eigenvalue weighted by Crippen LogP contribution is -2.54. The predicted octanol–water partition coefficient (Wildman–Crippen LogP) is 2.66. The van der Waals surface area contributed by atoms with Gasteiger partial charge in [-0.3, -0.25) is 4.90 Å². The molecule has 0 bridgehead atoms. The molecule has 2 aromatic rings. The number of amides is 1. The number of H-pyrrole nitrogens is 1. The van der Waals surface area contributed by atoms with E-state index in [1.165, 1.54) is 4.90 Å². The standard InChI is InChI=1S/C17H22N2O4/c1-16(2)17(3,21)19(15(20)23-16)8-7-11-10-18-14-6-5-12(22-4)9-13(11)14/h5-6,9-10,18,21H,7-8H2,1-4H3/t17-/m0/s1. The number of cyclic esters (lactones) is 1. The number of carbonyl (C=O) groups excluding carboxylic acids is 1. The fourth-order valence-electron chi connectivity index (χ4n) is 2.91. The summed E-state index contributed by atoms with van der Waals surface area (Å²) in [6.07, 6.45) is 2.04. The highest BCUT2D eigenvalue weighted by molar-refractivity contribution is 5.84. The maximum Gasteiger partial charge on any atom is 0.412 e. The zero-order valence-corrected chi connectivity index (χ0v) is 13.8. The third kappa shape index (κ3) is 2.43. The first kappa shape index (κ1) is 15.7. The van der Waals surface area contributed by atoms with Crippen LogP contribution in [0.4, 0.5) is 4.79 Å². The molecule has 23 heavy (non-hydrogen) atoms. The molecule has 0 spiro atoms. The summed E-state index contributed by atoms with van der Waals surface area (Å²) in [5.41, 5.74) is -0.203. The summed E-state index contributed by atoms with van der Waals surface area (Å²) < 4.78 is 10.5. The molecule has 1 aromatic heterocycles. The molecular formula is C17H22N2O4. The minimum absolute atomic E-state index is 0.374. The van der Waals surface area contributed by atoms with Crippen molar-refractivity contribution in [1.29, 1.82) is 0 Å². The largest absolute Gasteiger partial charge is 0.497 e. The lowest BCUT2D eigenvalue weighted by molar-refractivity contribution is -0.126. The van der Waals surface area contributed by atoms with E-state index < -0.39 is 17.4 Å². The highest BCUT2D eigenvalue weighted by Crippen LogP contribution is 2.37. The molecule has 6 nitrogen and oxygen atoms in total. The van der Waals surface area contributed by atoms with Gasteiger partial charge in [0.2, 0.25) is 0 Å². The molecule has 0 saturated carbocycles. The molecule has 1 aliphatic heterocycles. The molecule has 0 radical (unpaired) electrons. The number of nitrogens with zero attached hydrogens (tertiary/aromatic N) is 1. The molecule has 124 valence electrons. The van der Waals surface area contributed by atoms with E-state index in [2.05, 4.69) is 4.98 Å². The molecule has 6 heteroatoms. The van der Waals surface area contributed by atoms with Crippen LogP contribution in [0.15, 0.2) is 24.4 Å². The van der Waals surface area contributed by atoms with Gasteiger partial charge in [-0.05, 0) is 51.0 Å². The van der Waals surface area contributed by atoms with Crippen molar-refractivity contribution in [3.8, 4) is 5.75 Å². The summed E-state index contributed by atoms with van der Waals surface area (Å²) in [5.74, 6) is 0.784. The number of benzene rings is 1. The van der Waals surface area contributed by atoms with E-state index in [-0.39, 0.29) is 0 Å². The van der Waals surface area contributed by atoms with Crippen molar-refractivity contribution < 1.29 is 19.4 Å². The number of ether oxygens (including phenoxy) is 2. The Bertz CT molecular complexity index is 748. The number of fused-ring (bicyclic) bond motifs is 1. The van der Waals surface area contributed by atoms with Gasteiger partial charge in [0, 0.05) is 23.6 Å². The maximum absolute atomic E-state index is 12.0. The lowest BCUT2D eigenvalue weighted by atomic mass is 9.95. The molecule has 1 aromatic carbocycles. The zero-order chi connectivity index (χ0) is 16.8. The number of methoxy groups -OCH3 is 1. The normalized spacial score (nSPS) is 23.3. The first-order chi connectivity index (χ1) is 10.8. The van der Waals surface area contributed by atoms with Gasteiger partial charge in [0.25, 0.3) is 0 Å². The van der Waals surface area contributed by atoms with Crippen molar-refractivity contribution in [3.05, 3.63) is 30.0 Å². The van der Waals surface area contributed by atoms with Crippen LogP contribution in [-0.4, -0.2) is 46.1 Å². The van der Waals surface area contributed by atoms with Crippen molar-refractivity contribution in [2.24, 2.45) is 0 Å². The van der Waals surface area contributed by atoms with Crippen molar-refractivity contribution in [1.82, 2.24) is 9.88 Å². The van der Waals surface area contributed by atoms with Crippen LogP contribution in [0, 0.1) is 0 Å². The van der Waals surface area contributed by atoms with Crippen molar-refractivity contribution >= 4 is 17.0 Å². The van der Waals surface area contributed by atoms with E-state index in [9.17, 15) is 9.90 Å². The maximum atomic E-state index is 12.0. The quantitative estimate of drug-likeness (QED) is 0.909. The minimum atomic E-state index is -1.34. The van der Waals surface area contributed by atoms with Crippen LogP contribution < -0.4 is 4.74 Å². The second kappa shape index (κ2) is 5.16. The van der Waals surface area contributed by atoms with Gasteiger partial charge in [0.15, 0.2) is 11.3 Å². The molecule has 0 aliphatic carbocycles. The van der Waals surface area contributed by atoms with Gasteiger partial charge in [-0.1, -0.05) is 0 Å². The van der Waals surface area contributed by atoms with Crippen LogP contribution in [-0.2, 0) is 11.2 Å². The highest BCUT2D eigenvalue weighted by atomic mass is 16.6. The Labute approximate surface area is 135 Å². The SMILES string of the molecule is COc1ccc2[nH]cc(CCN3C(=O)OC(C)(C)[C@]3(C)O)c2c1. The van der Waals surface area contributed by atoms with E-state index in [0.717, 1.165) is 22.2 Å². The van der Waals surface area contributed by atoms with E-state index in [1.807, 2.05) is 24.4 Å². The monoisotopic (exact) mass is 318 g/mol. The summed E-state index contributed by atoms with van der Waals surface area (Å²) in [6, 6.07) is 5.82. The van der Waals surface area contributed by atoms with Crippen LogP contribution in [0.1, 0.15) is 26.3 Å². The van der Waals surface area contributed by atoms with Gasteiger partial charge >= 0.3 is 6.09 Å². The van der Waals surface area contributed by atoms with Gasteiger partial charge in [0.05, 0.1) is 7.11 Å². The lowest BCUT2D eigenvalue weighted by Gasteiger charge is -2.34. The molecule has 1 saturated heterocycles. The van der Waals surface area contributed by atoms with Gasteiger partial charge < -0.3 is 19.6 Å². The van der Waals surface area contributed by atoms with Crippen LogP contribution in [0.25, 0.3) is 10.9 Å². The van der Waals surface area contributed by atoms with Crippen LogP contribution in [0.5, 0.6) is 5.75 Å². The van der Waals surface area contributed by atoms with Gasteiger partial charge in [0.1, 0.15) is 5.75 Å². The van der Waals surface area contributed by atoms with Gasteiger partial charge in [-0.2, -0.15) is 0 Å². The number of hydrogen-bond donors (Lipinski definition) is 2. The first-order valence-electron chi connectivity index (χ1n) is 7.63. The number of carbonyl (C=O) groups is 1. The molecular weight excluding hydrogens is 296 g/mol. The van der Waals surface area contributed by atoms with Crippen LogP contribution in [0.3, 0.4) is 0 Å². The Balaban J connectivity index is 1.82. The Morgan fingerprint density at radius 2 is 2.09 bits per heavy atom. The molecule has 3 rings (SSSR count). The number of aliphatic hydroxyl groups is 1. The topological polar surface area (TPSA) is 74.8 Å². The molecule has 2 heterocycles. The highest BCUT2D eigenvalue weighted by Gasteiger charge is 2.56. The van der Waals surface area contributed by atoms with E-state index >= 15 is 0 Å². The average Bonchev–Trinajstić information content (AvgIpc) is 2.94. The fraction of sp³-hybridized carbons (Fsp3) is 0.471. The number of nitrogens with one attached hydrogen (secondary N) is 1. The average molecular weight is 318 g/mol. The molecule has 2 N–H and O–H groups in total. The first-order valence-corrected chi connectivity index (χ1v) is 7.63. The Kier molecular flexibility index (Phi) is 3.52. The predicted molar refractivity (Wildman–Crippen MR) is 86.4 cm³/mol. The second-order valence-electron chi connectivity index (χ2n) is 6.53. The summed E-state index contributed by atoms with van der Waals surface area (Å²) in [4.78, 5) is 16.6. The molecule has 1 fully saturated rings. The van der Waals surface area contributed by atoms with Crippen LogP contribution in [0.2, 0.25) is 0 Å². The Hall–Kier alpha value is -2.21. The molecule has 0 unspecified atom stereocenters. The summed E-state index contributed by atoms with van der Waals surface area (Å²) in [7, 11) is 1.63. The Morgan fingerprint density at radius 3 is 2.70 bits per heavy atom. The van der Waals surface area contributed by atoms with E-state index in [4.69, 9.17) is 9.47 Å². The number of rotatable bonds is 4. The third-order valence-electron chi connectivity index (χ3n) is 4.81. The Morgan fingerprint density at radius 1 is 1.35 bits per heavy atom. The smallest absolute Gasteiger partial charge is 0.412 e. The number of aromatic amines is 1. The third-order valence-corrected chi connectivity index (χ3v) is 4.81. The molecule has 1 aliphatic rings. The summed E-state index contributed by atoms with van der Waals surface area (Å²) in [5, 5.41) is 11.7. The number of aromatic nitrogens is 1. The van der Waals surface area contributed by atoms with Crippen molar-refractivity contribution in [3.63, 3.8) is 0 Å². The van der Waals surface area contributed by atoms with Crippen molar-refractivity contribution in [2.45, 2.75) is 38.5 Å². The van der Waals surface area contributed by atoms with Gasteiger partial charge in [-0.15, -0.1) is 0 Å². The fourth-order valence-corrected chi connectivity index (χ4v) is 2.91. The van der Waals surface area contributed by atoms with Gasteiger partial charge in [-0.25, -0.2) is 4.79 Å². The zero-order valence-electron chi connectivity index (χ0n) is 13.8. The minimum Gasteiger partial charge on any atom is -0.497 e.